The van der Waals surface area contributed by atoms with Crippen LogP contribution in [0.1, 0.15) is 6.42 Å². The van der Waals surface area contributed by atoms with E-state index in [2.05, 4.69) is 21.6 Å². The van der Waals surface area contributed by atoms with Crippen molar-refractivity contribution in [2.75, 3.05) is 25.1 Å². The van der Waals surface area contributed by atoms with E-state index in [0.29, 0.717) is 5.92 Å². The minimum absolute atomic E-state index is 0.641. The van der Waals surface area contributed by atoms with Crippen molar-refractivity contribution in [3.05, 3.63) is 24.4 Å². The number of nitrogens with one attached hydrogen (secondary N) is 2. The van der Waals surface area contributed by atoms with Crippen LogP contribution in [-0.4, -0.2) is 30.0 Å². The number of rotatable bonds is 3. The van der Waals surface area contributed by atoms with E-state index in [9.17, 15) is 0 Å². The van der Waals surface area contributed by atoms with Gasteiger partial charge in [0.25, 0.3) is 0 Å². The quantitative estimate of drug-likeness (QED) is 0.826. The Morgan fingerprint density at radius 2 is 2.50 bits per heavy atom. The Hall–Kier alpha value is -1.55. The summed E-state index contributed by atoms with van der Waals surface area (Å²) in [6.07, 6.45) is 3.02. The van der Waals surface area contributed by atoms with Gasteiger partial charge in [0.15, 0.2) is 0 Å². The maximum atomic E-state index is 5.36. The molecule has 4 heteroatoms. The van der Waals surface area contributed by atoms with E-state index in [4.69, 9.17) is 4.74 Å². The average Bonchev–Trinajstić information content (AvgIpc) is 2.97. The summed E-state index contributed by atoms with van der Waals surface area (Å²) < 4.78 is 5.36. The average molecular weight is 217 g/mol. The lowest BCUT2D eigenvalue weighted by Gasteiger charge is -2.11. The highest BCUT2D eigenvalue weighted by Crippen LogP contribution is 2.22. The summed E-state index contributed by atoms with van der Waals surface area (Å²) in [5, 5.41) is 11.7. The fraction of sp³-hybridized carbons (Fsp3) is 0.417. The highest BCUT2D eigenvalue weighted by atomic mass is 16.5. The Labute approximate surface area is 94.0 Å². The van der Waals surface area contributed by atoms with E-state index in [-0.39, 0.29) is 0 Å². The van der Waals surface area contributed by atoms with E-state index in [1.165, 1.54) is 0 Å². The summed E-state index contributed by atoms with van der Waals surface area (Å²) in [7, 11) is 0. The van der Waals surface area contributed by atoms with E-state index in [1.54, 1.807) is 0 Å². The highest BCUT2D eigenvalue weighted by Gasteiger charge is 2.15. The van der Waals surface area contributed by atoms with Crippen LogP contribution in [0.3, 0.4) is 0 Å². The summed E-state index contributed by atoms with van der Waals surface area (Å²) in [5.41, 5.74) is 2.23. The van der Waals surface area contributed by atoms with Gasteiger partial charge in [-0.2, -0.15) is 5.10 Å². The number of hydrogen-bond acceptors (Lipinski definition) is 3. The molecule has 0 saturated carbocycles. The fourth-order valence-electron chi connectivity index (χ4n) is 2.12. The molecule has 2 heterocycles. The van der Waals surface area contributed by atoms with E-state index in [1.807, 2.05) is 18.3 Å². The minimum Gasteiger partial charge on any atom is -0.384 e. The third-order valence-electron chi connectivity index (χ3n) is 3.09. The normalized spacial score (nSPS) is 20.4. The molecular weight excluding hydrogens is 202 g/mol. The molecule has 0 spiro atoms. The van der Waals surface area contributed by atoms with Gasteiger partial charge >= 0.3 is 0 Å². The van der Waals surface area contributed by atoms with Gasteiger partial charge in [-0.05, 0) is 18.6 Å². The molecule has 0 bridgehead atoms. The number of benzene rings is 1. The predicted octanol–water partition coefficient (Wildman–Crippen LogP) is 2.01. The Kier molecular flexibility index (Phi) is 2.50. The largest absolute Gasteiger partial charge is 0.384 e. The molecule has 1 aromatic heterocycles. The van der Waals surface area contributed by atoms with Crippen LogP contribution in [-0.2, 0) is 4.74 Å². The number of nitrogens with zero attached hydrogens (tertiary/aromatic N) is 1. The van der Waals surface area contributed by atoms with Crippen LogP contribution < -0.4 is 5.32 Å². The lowest BCUT2D eigenvalue weighted by molar-refractivity contribution is 0.187. The lowest BCUT2D eigenvalue weighted by atomic mass is 10.1. The number of aromatic amines is 1. The summed E-state index contributed by atoms with van der Waals surface area (Å²) >= 11 is 0. The van der Waals surface area contributed by atoms with Gasteiger partial charge in [-0.15, -0.1) is 0 Å². The fourth-order valence-corrected chi connectivity index (χ4v) is 2.12. The van der Waals surface area contributed by atoms with Crippen LogP contribution in [0, 0.1) is 5.92 Å². The zero-order valence-electron chi connectivity index (χ0n) is 9.07. The molecule has 1 unspecified atom stereocenters. The first-order valence-electron chi connectivity index (χ1n) is 5.67. The first-order chi connectivity index (χ1) is 7.93. The van der Waals surface area contributed by atoms with Crippen molar-refractivity contribution in [3.63, 3.8) is 0 Å². The second-order valence-corrected chi connectivity index (χ2v) is 4.25. The molecule has 1 saturated heterocycles. The number of aromatic nitrogens is 2. The van der Waals surface area contributed by atoms with Gasteiger partial charge in [-0.1, -0.05) is 6.07 Å². The minimum atomic E-state index is 0.641. The monoisotopic (exact) mass is 217 g/mol. The van der Waals surface area contributed by atoms with Crippen molar-refractivity contribution in [3.8, 4) is 0 Å². The van der Waals surface area contributed by atoms with Gasteiger partial charge < -0.3 is 10.1 Å². The van der Waals surface area contributed by atoms with Crippen LogP contribution in [0.15, 0.2) is 24.4 Å². The second kappa shape index (κ2) is 4.14. The third-order valence-corrected chi connectivity index (χ3v) is 3.09. The summed E-state index contributed by atoms with van der Waals surface area (Å²) in [4.78, 5) is 0. The van der Waals surface area contributed by atoms with Crippen LogP contribution in [0.5, 0.6) is 0 Å². The molecule has 1 aliphatic rings. The van der Waals surface area contributed by atoms with Crippen LogP contribution >= 0.6 is 0 Å². The van der Waals surface area contributed by atoms with Crippen molar-refractivity contribution in [2.45, 2.75) is 6.42 Å². The number of ether oxygens (including phenoxy) is 1. The summed E-state index contributed by atoms with van der Waals surface area (Å²) in [6.45, 7) is 2.76. The van der Waals surface area contributed by atoms with Crippen molar-refractivity contribution < 1.29 is 4.74 Å². The topological polar surface area (TPSA) is 49.9 Å². The van der Waals surface area contributed by atoms with Gasteiger partial charge in [0.2, 0.25) is 0 Å². The molecular formula is C12H15N3O. The molecule has 4 nitrogen and oxygen atoms in total. The van der Waals surface area contributed by atoms with Gasteiger partial charge in [0.05, 0.1) is 18.3 Å². The number of hydrogen-bond donors (Lipinski definition) is 2. The van der Waals surface area contributed by atoms with Crippen molar-refractivity contribution >= 4 is 16.6 Å². The van der Waals surface area contributed by atoms with Gasteiger partial charge in [-0.3, -0.25) is 5.10 Å². The lowest BCUT2D eigenvalue weighted by Crippen LogP contribution is -2.14. The van der Waals surface area contributed by atoms with Gasteiger partial charge in [0.1, 0.15) is 0 Å². The Balaban J connectivity index is 1.75. The van der Waals surface area contributed by atoms with Crippen molar-refractivity contribution in [1.29, 1.82) is 0 Å². The van der Waals surface area contributed by atoms with E-state index >= 15 is 0 Å². The Morgan fingerprint density at radius 1 is 1.50 bits per heavy atom. The molecule has 1 aromatic carbocycles. The van der Waals surface area contributed by atoms with Crippen LogP contribution in [0.4, 0.5) is 5.69 Å². The molecule has 2 N–H and O–H groups in total. The Morgan fingerprint density at radius 3 is 3.38 bits per heavy atom. The molecule has 16 heavy (non-hydrogen) atoms. The van der Waals surface area contributed by atoms with Crippen LogP contribution in [0.25, 0.3) is 10.9 Å². The summed E-state index contributed by atoms with van der Waals surface area (Å²) in [5.74, 6) is 0.641. The second-order valence-electron chi connectivity index (χ2n) is 4.25. The summed E-state index contributed by atoms with van der Waals surface area (Å²) in [6, 6.07) is 6.16. The van der Waals surface area contributed by atoms with Gasteiger partial charge in [0, 0.05) is 30.1 Å². The molecule has 1 atom stereocenters. The molecule has 0 aliphatic carbocycles. The SMILES string of the molecule is c1cc(NCC2CCOC2)c2cn[nH]c2c1. The molecule has 0 radical (unpaired) electrons. The van der Waals surface area contributed by atoms with Gasteiger partial charge in [-0.25, -0.2) is 0 Å². The number of H-pyrrole nitrogens is 1. The van der Waals surface area contributed by atoms with Crippen molar-refractivity contribution in [1.82, 2.24) is 10.2 Å². The maximum absolute atomic E-state index is 5.36. The standard InChI is InChI=1S/C12H15N3O/c1-2-11(10-7-14-15-12(10)3-1)13-6-9-4-5-16-8-9/h1-3,7,9,13H,4-6,8H2,(H,14,15). The first kappa shape index (κ1) is 9.66. The van der Waals surface area contributed by atoms with Crippen LogP contribution in [0.2, 0.25) is 0 Å². The zero-order chi connectivity index (χ0) is 10.8. The van der Waals surface area contributed by atoms with Crippen molar-refractivity contribution in [2.24, 2.45) is 5.92 Å². The Bertz CT molecular complexity index is 474. The smallest absolute Gasteiger partial charge is 0.0671 e. The number of fused-ring (bicyclic) bond motifs is 1. The third kappa shape index (κ3) is 1.76. The molecule has 2 aromatic rings. The molecule has 1 aliphatic heterocycles. The zero-order valence-corrected chi connectivity index (χ0v) is 9.07. The first-order valence-corrected chi connectivity index (χ1v) is 5.67. The highest BCUT2D eigenvalue weighted by molar-refractivity contribution is 5.90. The molecule has 0 amide bonds. The molecule has 84 valence electrons. The predicted molar refractivity (Wildman–Crippen MR) is 63.5 cm³/mol. The molecule has 3 rings (SSSR count). The van der Waals surface area contributed by atoms with E-state index < -0.39 is 0 Å². The maximum Gasteiger partial charge on any atom is 0.0671 e. The molecule has 1 fully saturated rings. The number of anilines is 1. The van der Waals surface area contributed by atoms with E-state index in [0.717, 1.165) is 42.8 Å².